The van der Waals surface area contributed by atoms with Crippen LogP contribution in [-0.2, 0) is 11.2 Å². The van der Waals surface area contributed by atoms with Gasteiger partial charge >= 0.3 is 6.09 Å². The first-order valence-corrected chi connectivity index (χ1v) is 6.01. The average Bonchev–Trinajstić information content (AvgIpc) is 2.71. The van der Waals surface area contributed by atoms with Crippen molar-refractivity contribution < 1.29 is 9.53 Å². The van der Waals surface area contributed by atoms with Gasteiger partial charge in [-0.15, -0.1) is 0 Å². The number of ether oxygens (including phenoxy) is 1. The fourth-order valence-electron chi connectivity index (χ4n) is 2.07. The van der Waals surface area contributed by atoms with Crippen LogP contribution in [0.2, 0.25) is 0 Å². The standard InChI is InChI=1S/C13H18N2O2/c1-2-10-3-5-11(6-4-10)15-12(7-8-14)9-17-13(15)16/h3-6,12H,2,7-9,14H2,1H3. The first kappa shape index (κ1) is 11.9. The zero-order chi connectivity index (χ0) is 12.3. The highest BCUT2D eigenvalue weighted by Gasteiger charge is 2.33. The summed E-state index contributed by atoms with van der Waals surface area (Å²) in [6.07, 6.45) is 1.49. The predicted octanol–water partition coefficient (Wildman–Crippen LogP) is 1.92. The van der Waals surface area contributed by atoms with E-state index in [4.69, 9.17) is 10.5 Å². The van der Waals surface area contributed by atoms with Crippen molar-refractivity contribution in [1.82, 2.24) is 0 Å². The molecule has 0 spiro atoms. The molecule has 17 heavy (non-hydrogen) atoms. The summed E-state index contributed by atoms with van der Waals surface area (Å²) in [6.45, 7) is 3.10. The summed E-state index contributed by atoms with van der Waals surface area (Å²) in [6, 6.07) is 8.09. The van der Waals surface area contributed by atoms with Gasteiger partial charge in [0.05, 0.1) is 6.04 Å². The van der Waals surface area contributed by atoms with Crippen LogP contribution in [0.1, 0.15) is 18.9 Å². The van der Waals surface area contributed by atoms with E-state index in [1.54, 1.807) is 4.90 Å². The zero-order valence-electron chi connectivity index (χ0n) is 10.1. The molecule has 1 amide bonds. The van der Waals surface area contributed by atoms with Gasteiger partial charge in [-0.1, -0.05) is 19.1 Å². The Morgan fingerprint density at radius 1 is 1.41 bits per heavy atom. The van der Waals surface area contributed by atoms with Crippen molar-refractivity contribution in [2.24, 2.45) is 5.73 Å². The third-order valence-corrected chi connectivity index (χ3v) is 3.08. The molecule has 1 heterocycles. The quantitative estimate of drug-likeness (QED) is 0.866. The zero-order valence-corrected chi connectivity index (χ0v) is 10.1. The number of hydrogen-bond acceptors (Lipinski definition) is 3. The van der Waals surface area contributed by atoms with Gasteiger partial charge in [0, 0.05) is 5.69 Å². The van der Waals surface area contributed by atoms with Gasteiger partial charge in [0.1, 0.15) is 6.61 Å². The summed E-state index contributed by atoms with van der Waals surface area (Å²) in [5.41, 5.74) is 7.70. The Hall–Kier alpha value is -1.55. The lowest BCUT2D eigenvalue weighted by molar-refractivity contribution is 0.178. The first-order chi connectivity index (χ1) is 8.26. The van der Waals surface area contributed by atoms with Crippen molar-refractivity contribution in [3.05, 3.63) is 29.8 Å². The highest BCUT2D eigenvalue weighted by molar-refractivity contribution is 5.90. The maximum absolute atomic E-state index is 11.7. The fraction of sp³-hybridized carbons (Fsp3) is 0.462. The summed E-state index contributed by atoms with van der Waals surface area (Å²) in [7, 11) is 0. The summed E-state index contributed by atoms with van der Waals surface area (Å²) in [5.74, 6) is 0. The van der Waals surface area contributed by atoms with E-state index in [0.29, 0.717) is 13.2 Å². The molecule has 0 radical (unpaired) electrons. The predicted molar refractivity (Wildman–Crippen MR) is 67.1 cm³/mol. The number of cyclic esters (lactones) is 1. The van der Waals surface area contributed by atoms with Gasteiger partial charge in [0.15, 0.2) is 0 Å². The van der Waals surface area contributed by atoms with Gasteiger partial charge in [-0.05, 0) is 37.1 Å². The summed E-state index contributed by atoms with van der Waals surface area (Å²) < 4.78 is 5.07. The van der Waals surface area contributed by atoms with Crippen LogP contribution in [-0.4, -0.2) is 25.3 Å². The molecule has 1 aliphatic heterocycles. The van der Waals surface area contributed by atoms with Crippen molar-refractivity contribution in [2.75, 3.05) is 18.1 Å². The molecular formula is C13H18N2O2. The highest BCUT2D eigenvalue weighted by Crippen LogP contribution is 2.24. The highest BCUT2D eigenvalue weighted by atomic mass is 16.6. The van der Waals surface area contributed by atoms with E-state index >= 15 is 0 Å². The van der Waals surface area contributed by atoms with E-state index in [1.165, 1.54) is 5.56 Å². The van der Waals surface area contributed by atoms with E-state index in [9.17, 15) is 4.79 Å². The third-order valence-electron chi connectivity index (χ3n) is 3.08. The number of hydrogen-bond donors (Lipinski definition) is 1. The van der Waals surface area contributed by atoms with Crippen molar-refractivity contribution in [3.63, 3.8) is 0 Å². The van der Waals surface area contributed by atoms with Crippen LogP contribution >= 0.6 is 0 Å². The van der Waals surface area contributed by atoms with Crippen LogP contribution < -0.4 is 10.6 Å². The molecule has 1 aliphatic rings. The Labute approximate surface area is 101 Å². The molecule has 2 N–H and O–H groups in total. The van der Waals surface area contributed by atoms with E-state index in [2.05, 4.69) is 6.92 Å². The van der Waals surface area contributed by atoms with Gasteiger partial charge < -0.3 is 10.5 Å². The molecule has 0 aromatic heterocycles. The normalized spacial score (nSPS) is 19.5. The Morgan fingerprint density at radius 2 is 2.12 bits per heavy atom. The molecule has 1 saturated heterocycles. The van der Waals surface area contributed by atoms with Crippen molar-refractivity contribution >= 4 is 11.8 Å². The Balaban J connectivity index is 2.20. The smallest absolute Gasteiger partial charge is 0.414 e. The SMILES string of the molecule is CCc1ccc(N2C(=O)OCC2CCN)cc1. The molecule has 1 fully saturated rings. The molecule has 1 atom stereocenters. The van der Waals surface area contributed by atoms with Crippen molar-refractivity contribution in [2.45, 2.75) is 25.8 Å². The summed E-state index contributed by atoms with van der Waals surface area (Å²) in [5, 5.41) is 0. The minimum atomic E-state index is -0.271. The van der Waals surface area contributed by atoms with Crippen LogP contribution in [0, 0.1) is 0 Å². The maximum atomic E-state index is 11.7. The molecule has 1 unspecified atom stereocenters. The number of nitrogens with zero attached hydrogens (tertiary/aromatic N) is 1. The maximum Gasteiger partial charge on any atom is 0.414 e. The van der Waals surface area contributed by atoms with Crippen LogP contribution in [0.4, 0.5) is 10.5 Å². The lowest BCUT2D eigenvalue weighted by Crippen LogP contribution is -2.34. The third kappa shape index (κ3) is 2.42. The molecule has 1 aromatic rings. The molecule has 0 saturated carbocycles. The first-order valence-electron chi connectivity index (χ1n) is 6.01. The number of amides is 1. The van der Waals surface area contributed by atoms with Gasteiger partial charge in [0.2, 0.25) is 0 Å². The van der Waals surface area contributed by atoms with Crippen LogP contribution in [0.3, 0.4) is 0 Å². The average molecular weight is 234 g/mol. The molecule has 0 bridgehead atoms. The van der Waals surface area contributed by atoms with Crippen LogP contribution in [0.5, 0.6) is 0 Å². The number of aryl methyl sites for hydroxylation is 1. The Kier molecular flexibility index (Phi) is 3.64. The van der Waals surface area contributed by atoms with Gasteiger partial charge in [0.25, 0.3) is 0 Å². The van der Waals surface area contributed by atoms with Crippen LogP contribution in [0.15, 0.2) is 24.3 Å². The second-order valence-electron chi connectivity index (χ2n) is 4.20. The fourth-order valence-corrected chi connectivity index (χ4v) is 2.07. The lowest BCUT2D eigenvalue weighted by Gasteiger charge is -2.21. The largest absolute Gasteiger partial charge is 0.447 e. The number of carbonyl (C=O) groups excluding carboxylic acids is 1. The second-order valence-corrected chi connectivity index (χ2v) is 4.20. The molecule has 4 heteroatoms. The molecule has 2 rings (SSSR count). The summed E-state index contributed by atoms with van der Waals surface area (Å²) >= 11 is 0. The Bertz CT molecular complexity index is 389. The van der Waals surface area contributed by atoms with E-state index in [1.807, 2.05) is 24.3 Å². The molecule has 92 valence electrons. The van der Waals surface area contributed by atoms with Gasteiger partial charge in [-0.25, -0.2) is 4.79 Å². The number of carbonyl (C=O) groups is 1. The molecule has 4 nitrogen and oxygen atoms in total. The van der Waals surface area contributed by atoms with Crippen molar-refractivity contribution in [1.29, 1.82) is 0 Å². The molecule has 1 aromatic carbocycles. The number of nitrogens with two attached hydrogens (primary N) is 1. The topological polar surface area (TPSA) is 55.6 Å². The number of rotatable bonds is 4. The second kappa shape index (κ2) is 5.19. The van der Waals surface area contributed by atoms with E-state index in [0.717, 1.165) is 18.5 Å². The summed E-state index contributed by atoms with van der Waals surface area (Å²) in [4.78, 5) is 13.4. The van der Waals surface area contributed by atoms with Crippen molar-refractivity contribution in [3.8, 4) is 0 Å². The van der Waals surface area contributed by atoms with Crippen LogP contribution in [0.25, 0.3) is 0 Å². The van der Waals surface area contributed by atoms with E-state index < -0.39 is 0 Å². The van der Waals surface area contributed by atoms with Gasteiger partial charge in [-0.3, -0.25) is 4.90 Å². The monoisotopic (exact) mass is 234 g/mol. The number of benzene rings is 1. The minimum absolute atomic E-state index is 0.0694. The van der Waals surface area contributed by atoms with Gasteiger partial charge in [-0.2, -0.15) is 0 Å². The molecule has 0 aliphatic carbocycles. The minimum Gasteiger partial charge on any atom is -0.447 e. The van der Waals surface area contributed by atoms with E-state index in [-0.39, 0.29) is 12.1 Å². The molecular weight excluding hydrogens is 216 g/mol. The Morgan fingerprint density at radius 3 is 2.71 bits per heavy atom. The lowest BCUT2D eigenvalue weighted by atomic mass is 10.1. The number of anilines is 1.